The average molecular weight is 450 g/mol. The Morgan fingerprint density at radius 2 is 1.73 bits per heavy atom. The summed E-state index contributed by atoms with van der Waals surface area (Å²) in [5.74, 6) is -1.41. The van der Waals surface area contributed by atoms with E-state index in [1.165, 1.54) is 29.4 Å². The minimum atomic E-state index is -1.06. The predicted octanol–water partition coefficient (Wildman–Crippen LogP) is 3.62. The van der Waals surface area contributed by atoms with Gasteiger partial charge in [0.15, 0.2) is 5.69 Å². The standard InChI is InChI=1S/C25H27N3O5/c1-16-6-4-7-17(2)20(16)15-18-8-5-9-19(14-18)28(25(33)26-12-10-22(30)31)23-21(29)11-13-27(3)24(23)32/h4-9,11,13-14,29H,10,12,15H2,1-3H3,(H,26,33)(H,30,31). The van der Waals surface area contributed by atoms with Gasteiger partial charge >= 0.3 is 12.0 Å². The van der Waals surface area contributed by atoms with Crippen LogP contribution in [0.4, 0.5) is 16.2 Å². The molecule has 33 heavy (non-hydrogen) atoms. The van der Waals surface area contributed by atoms with Gasteiger partial charge in [-0.3, -0.25) is 14.5 Å². The number of nitrogens with zero attached hydrogens (tertiary/aromatic N) is 2. The maximum atomic E-state index is 13.1. The van der Waals surface area contributed by atoms with E-state index in [9.17, 15) is 19.5 Å². The molecule has 0 atom stereocenters. The SMILES string of the molecule is Cc1cccc(C)c1Cc1cccc(N(C(=O)NCCC(=O)O)c2c(O)ccn(C)c2=O)c1. The van der Waals surface area contributed by atoms with Gasteiger partial charge in [0.2, 0.25) is 0 Å². The molecule has 0 radical (unpaired) electrons. The normalized spacial score (nSPS) is 10.6. The highest BCUT2D eigenvalue weighted by Gasteiger charge is 2.25. The highest BCUT2D eigenvalue weighted by Crippen LogP contribution is 2.31. The van der Waals surface area contributed by atoms with E-state index in [1.54, 1.807) is 18.2 Å². The average Bonchev–Trinajstić information content (AvgIpc) is 2.76. The number of aromatic hydroxyl groups is 1. The van der Waals surface area contributed by atoms with Crippen LogP contribution in [-0.4, -0.2) is 33.3 Å². The summed E-state index contributed by atoms with van der Waals surface area (Å²) in [5.41, 5.74) is 3.99. The lowest BCUT2D eigenvalue weighted by Crippen LogP contribution is -2.41. The number of aliphatic carboxylic acids is 1. The van der Waals surface area contributed by atoms with Crippen LogP contribution in [0.25, 0.3) is 0 Å². The number of hydrogen-bond donors (Lipinski definition) is 3. The summed E-state index contributed by atoms with van der Waals surface area (Å²) in [6.45, 7) is 3.96. The van der Waals surface area contributed by atoms with Crippen molar-refractivity contribution in [3.63, 3.8) is 0 Å². The number of anilines is 2. The molecule has 172 valence electrons. The number of hydrogen-bond acceptors (Lipinski definition) is 4. The first-order valence-electron chi connectivity index (χ1n) is 10.5. The van der Waals surface area contributed by atoms with Crippen LogP contribution in [0.15, 0.2) is 59.5 Å². The van der Waals surface area contributed by atoms with E-state index >= 15 is 0 Å². The molecule has 2 aromatic carbocycles. The molecule has 3 rings (SSSR count). The Labute approximate surface area is 191 Å². The second-order valence-electron chi connectivity index (χ2n) is 7.89. The lowest BCUT2D eigenvalue weighted by Gasteiger charge is -2.24. The number of nitrogens with one attached hydrogen (secondary N) is 1. The maximum Gasteiger partial charge on any atom is 0.326 e. The second kappa shape index (κ2) is 10.0. The van der Waals surface area contributed by atoms with Crippen LogP contribution >= 0.6 is 0 Å². The third kappa shape index (κ3) is 5.41. The van der Waals surface area contributed by atoms with Gasteiger partial charge in [0, 0.05) is 19.8 Å². The lowest BCUT2D eigenvalue weighted by molar-refractivity contribution is -0.136. The number of carboxylic acids is 1. The van der Waals surface area contributed by atoms with Gasteiger partial charge in [-0.05, 0) is 60.7 Å². The van der Waals surface area contributed by atoms with Gasteiger partial charge in [-0.1, -0.05) is 30.3 Å². The highest BCUT2D eigenvalue weighted by molar-refractivity contribution is 6.00. The molecule has 0 saturated carbocycles. The molecule has 0 saturated heterocycles. The number of urea groups is 1. The smallest absolute Gasteiger partial charge is 0.326 e. The molecule has 1 aromatic heterocycles. The topological polar surface area (TPSA) is 112 Å². The fourth-order valence-electron chi connectivity index (χ4n) is 3.66. The number of aryl methyl sites for hydroxylation is 3. The predicted molar refractivity (Wildman–Crippen MR) is 126 cm³/mol. The fraction of sp³-hybridized carbons (Fsp3) is 0.240. The Morgan fingerprint density at radius 1 is 1.06 bits per heavy atom. The van der Waals surface area contributed by atoms with E-state index in [0.717, 1.165) is 21.6 Å². The highest BCUT2D eigenvalue weighted by atomic mass is 16.4. The van der Waals surface area contributed by atoms with Crippen molar-refractivity contribution in [2.24, 2.45) is 7.05 Å². The van der Waals surface area contributed by atoms with E-state index in [-0.39, 0.29) is 24.4 Å². The first kappa shape index (κ1) is 23.6. The Kier molecular flexibility index (Phi) is 7.17. The number of carbonyl (C=O) groups excluding carboxylic acids is 1. The summed E-state index contributed by atoms with van der Waals surface area (Å²) in [6.07, 6.45) is 1.75. The minimum absolute atomic E-state index is 0.124. The molecular weight excluding hydrogens is 422 g/mol. The van der Waals surface area contributed by atoms with Crippen molar-refractivity contribution >= 4 is 23.4 Å². The molecule has 0 unspecified atom stereocenters. The van der Waals surface area contributed by atoms with Gasteiger partial charge < -0.3 is 20.1 Å². The molecule has 3 N–H and O–H groups in total. The van der Waals surface area contributed by atoms with Gasteiger partial charge in [-0.2, -0.15) is 0 Å². The summed E-state index contributed by atoms with van der Waals surface area (Å²) in [5, 5.41) is 21.9. The fourth-order valence-corrected chi connectivity index (χ4v) is 3.66. The van der Waals surface area contributed by atoms with E-state index in [1.807, 2.05) is 38.1 Å². The number of pyridine rings is 1. The van der Waals surface area contributed by atoms with Crippen molar-refractivity contribution in [2.75, 3.05) is 11.4 Å². The number of rotatable bonds is 7. The molecule has 0 aliphatic heterocycles. The number of benzene rings is 2. The summed E-state index contributed by atoms with van der Waals surface area (Å²) < 4.78 is 1.26. The number of amides is 2. The largest absolute Gasteiger partial charge is 0.505 e. The van der Waals surface area contributed by atoms with Crippen molar-refractivity contribution in [3.05, 3.63) is 87.3 Å². The lowest BCUT2D eigenvalue weighted by atomic mass is 9.96. The number of carboxylic acid groups (broad SMARTS) is 1. The second-order valence-corrected chi connectivity index (χ2v) is 7.89. The third-order valence-electron chi connectivity index (χ3n) is 5.46. The molecule has 8 nitrogen and oxygen atoms in total. The van der Waals surface area contributed by atoms with E-state index < -0.39 is 17.6 Å². The van der Waals surface area contributed by atoms with E-state index in [0.29, 0.717) is 12.1 Å². The monoisotopic (exact) mass is 449 g/mol. The van der Waals surface area contributed by atoms with Crippen LogP contribution < -0.4 is 15.8 Å². The molecule has 0 spiro atoms. The number of aromatic nitrogens is 1. The number of carbonyl (C=O) groups is 2. The summed E-state index contributed by atoms with van der Waals surface area (Å²) in [6, 6.07) is 13.9. The van der Waals surface area contributed by atoms with E-state index in [2.05, 4.69) is 5.32 Å². The summed E-state index contributed by atoms with van der Waals surface area (Å²) in [7, 11) is 1.52. The van der Waals surface area contributed by atoms with Gasteiger partial charge in [0.25, 0.3) is 5.56 Å². The molecule has 1 heterocycles. The quantitative estimate of drug-likeness (QED) is 0.510. The first-order chi connectivity index (χ1) is 15.7. The Morgan fingerprint density at radius 3 is 2.39 bits per heavy atom. The molecule has 2 amide bonds. The zero-order valence-corrected chi connectivity index (χ0v) is 18.8. The van der Waals surface area contributed by atoms with Gasteiger partial charge in [0.1, 0.15) is 5.75 Å². The minimum Gasteiger partial charge on any atom is -0.505 e. The zero-order valence-electron chi connectivity index (χ0n) is 18.8. The Hall–Kier alpha value is -4.07. The molecule has 0 fully saturated rings. The summed E-state index contributed by atoms with van der Waals surface area (Å²) >= 11 is 0. The molecule has 0 aliphatic rings. The van der Waals surface area contributed by atoms with Crippen molar-refractivity contribution in [1.29, 1.82) is 0 Å². The Bertz CT molecular complexity index is 1230. The molecule has 0 aliphatic carbocycles. The van der Waals surface area contributed by atoms with Gasteiger partial charge in [-0.25, -0.2) is 4.79 Å². The molecule has 3 aromatic rings. The molecular formula is C25H27N3O5. The van der Waals surface area contributed by atoms with Crippen molar-refractivity contribution in [2.45, 2.75) is 26.7 Å². The van der Waals surface area contributed by atoms with Crippen molar-refractivity contribution in [3.8, 4) is 5.75 Å². The first-order valence-corrected chi connectivity index (χ1v) is 10.5. The van der Waals surface area contributed by atoms with Gasteiger partial charge in [0.05, 0.1) is 12.1 Å². The van der Waals surface area contributed by atoms with Gasteiger partial charge in [-0.15, -0.1) is 0 Å². The van der Waals surface area contributed by atoms with Crippen molar-refractivity contribution in [1.82, 2.24) is 9.88 Å². The third-order valence-corrected chi connectivity index (χ3v) is 5.46. The van der Waals surface area contributed by atoms with Crippen LogP contribution in [0, 0.1) is 13.8 Å². The maximum absolute atomic E-state index is 13.1. The van der Waals surface area contributed by atoms with Crippen LogP contribution in [0.3, 0.4) is 0 Å². The van der Waals surface area contributed by atoms with Crippen molar-refractivity contribution < 1.29 is 19.8 Å². The summed E-state index contributed by atoms with van der Waals surface area (Å²) in [4.78, 5) is 37.9. The van der Waals surface area contributed by atoms with E-state index in [4.69, 9.17) is 5.11 Å². The van der Waals surface area contributed by atoms with Crippen LogP contribution in [0.5, 0.6) is 5.75 Å². The molecule has 0 bridgehead atoms. The van der Waals surface area contributed by atoms with Crippen LogP contribution in [-0.2, 0) is 18.3 Å². The van der Waals surface area contributed by atoms with Crippen LogP contribution in [0.2, 0.25) is 0 Å². The Balaban J connectivity index is 2.05. The molecule has 8 heteroatoms. The van der Waals surface area contributed by atoms with Crippen LogP contribution in [0.1, 0.15) is 28.7 Å². The zero-order chi connectivity index (χ0) is 24.1.